The first-order chi connectivity index (χ1) is 8.63. The molecule has 0 saturated heterocycles. The van der Waals surface area contributed by atoms with Gasteiger partial charge in [0, 0.05) is 38.0 Å². The summed E-state index contributed by atoms with van der Waals surface area (Å²) in [4.78, 5) is 11.4. The second kappa shape index (κ2) is 7.55. The van der Waals surface area contributed by atoms with E-state index in [-0.39, 0.29) is 5.91 Å². The molecule has 0 aromatic heterocycles. The van der Waals surface area contributed by atoms with Crippen LogP contribution in [0.3, 0.4) is 0 Å². The molecule has 1 aromatic rings. The van der Waals surface area contributed by atoms with Crippen molar-refractivity contribution in [2.24, 2.45) is 0 Å². The lowest BCUT2D eigenvalue weighted by molar-refractivity contribution is -0.121. The van der Waals surface area contributed by atoms with Gasteiger partial charge in [0.15, 0.2) is 0 Å². The van der Waals surface area contributed by atoms with E-state index in [9.17, 15) is 4.79 Å². The van der Waals surface area contributed by atoms with Crippen molar-refractivity contribution in [2.45, 2.75) is 13.3 Å². The second-order valence-corrected chi connectivity index (χ2v) is 4.09. The van der Waals surface area contributed by atoms with Gasteiger partial charge in [-0.3, -0.25) is 4.79 Å². The number of hydrogen-bond acceptors (Lipinski definition) is 4. The molecule has 0 spiro atoms. The predicted octanol–water partition coefficient (Wildman–Crippen LogP) is 1.14. The molecule has 0 bridgehead atoms. The average molecular weight is 251 g/mol. The summed E-state index contributed by atoms with van der Waals surface area (Å²) in [5.41, 5.74) is 8.54. The van der Waals surface area contributed by atoms with E-state index in [0.29, 0.717) is 26.1 Å². The number of carbonyl (C=O) groups excluding carboxylic acids is 1. The number of nitrogen functional groups attached to an aromatic ring is 1. The fourth-order valence-electron chi connectivity index (χ4n) is 1.45. The molecule has 0 unspecified atom stereocenters. The highest BCUT2D eigenvalue weighted by molar-refractivity contribution is 5.76. The summed E-state index contributed by atoms with van der Waals surface area (Å²) in [6.45, 7) is 3.63. The summed E-state index contributed by atoms with van der Waals surface area (Å²) in [5.74, 6) is 0.0135. The molecule has 0 heterocycles. The van der Waals surface area contributed by atoms with Crippen LogP contribution in [0.1, 0.15) is 12.0 Å². The van der Waals surface area contributed by atoms with Gasteiger partial charge >= 0.3 is 0 Å². The molecule has 100 valence electrons. The summed E-state index contributed by atoms with van der Waals surface area (Å²) in [7, 11) is 1.61. The molecule has 0 radical (unpaired) electrons. The van der Waals surface area contributed by atoms with Crippen LogP contribution in [0, 0.1) is 6.92 Å². The number of amides is 1. The highest BCUT2D eigenvalue weighted by Crippen LogP contribution is 2.16. The van der Waals surface area contributed by atoms with E-state index in [2.05, 4.69) is 10.6 Å². The first-order valence-corrected chi connectivity index (χ1v) is 5.99. The van der Waals surface area contributed by atoms with Crippen molar-refractivity contribution < 1.29 is 9.53 Å². The third-order valence-corrected chi connectivity index (χ3v) is 2.59. The molecule has 0 saturated carbocycles. The molecule has 1 rings (SSSR count). The van der Waals surface area contributed by atoms with E-state index in [1.54, 1.807) is 7.11 Å². The van der Waals surface area contributed by atoms with Crippen LogP contribution in [0.5, 0.6) is 0 Å². The van der Waals surface area contributed by atoms with Gasteiger partial charge in [0.05, 0.1) is 6.61 Å². The van der Waals surface area contributed by atoms with Gasteiger partial charge in [-0.05, 0) is 24.6 Å². The Balaban J connectivity index is 2.24. The summed E-state index contributed by atoms with van der Waals surface area (Å²) >= 11 is 0. The smallest absolute Gasteiger partial charge is 0.221 e. The lowest BCUT2D eigenvalue weighted by Crippen LogP contribution is -2.28. The predicted molar refractivity (Wildman–Crippen MR) is 73.6 cm³/mol. The van der Waals surface area contributed by atoms with Gasteiger partial charge < -0.3 is 21.1 Å². The quantitative estimate of drug-likeness (QED) is 0.502. The van der Waals surface area contributed by atoms with Crippen LogP contribution in [0.4, 0.5) is 11.4 Å². The molecular weight excluding hydrogens is 230 g/mol. The van der Waals surface area contributed by atoms with E-state index >= 15 is 0 Å². The average Bonchev–Trinajstić information content (AvgIpc) is 2.34. The normalized spacial score (nSPS) is 10.1. The Bertz CT molecular complexity index is 394. The monoisotopic (exact) mass is 251 g/mol. The van der Waals surface area contributed by atoms with E-state index < -0.39 is 0 Å². The molecule has 0 atom stereocenters. The minimum atomic E-state index is 0.0135. The molecule has 0 aliphatic heterocycles. The van der Waals surface area contributed by atoms with Crippen molar-refractivity contribution in [2.75, 3.05) is 37.9 Å². The van der Waals surface area contributed by atoms with Gasteiger partial charge in [-0.1, -0.05) is 6.07 Å². The van der Waals surface area contributed by atoms with E-state index in [0.717, 1.165) is 16.9 Å². The number of ether oxygens (including phenoxy) is 1. The van der Waals surface area contributed by atoms with Crippen molar-refractivity contribution >= 4 is 17.3 Å². The van der Waals surface area contributed by atoms with E-state index in [4.69, 9.17) is 10.5 Å². The fraction of sp³-hybridized carbons (Fsp3) is 0.462. The summed E-state index contributed by atoms with van der Waals surface area (Å²) in [6.07, 6.45) is 0.428. The summed E-state index contributed by atoms with van der Waals surface area (Å²) < 4.78 is 4.85. The molecule has 5 nitrogen and oxygen atoms in total. The van der Waals surface area contributed by atoms with Gasteiger partial charge in [0.2, 0.25) is 5.91 Å². The zero-order valence-corrected chi connectivity index (χ0v) is 11.0. The Labute approximate surface area is 108 Å². The maximum atomic E-state index is 11.4. The molecule has 18 heavy (non-hydrogen) atoms. The minimum Gasteiger partial charge on any atom is -0.398 e. The third kappa shape index (κ3) is 5.05. The molecule has 5 heteroatoms. The SMILES string of the molecule is COCCNC(=O)CCNc1ccc(C)c(N)c1. The molecule has 1 amide bonds. The Morgan fingerprint density at radius 3 is 2.83 bits per heavy atom. The molecule has 1 aromatic carbocycles. The summed E-state index contributed by atoms with van der Waals surface area (Å²) in [5, 5.41) is 5.92. The first-order valence-electron chi connectivity index (χ1n) is 5.99. The van der Waals surface area contributed by atoms with Crippen molar-refractivity contribution in [3.63, 3.8) is 0 Å². The van der Waals surface area contributed by atoms with Crippen molar-refractivity contribution in [3.05, 3.63) is 23.8 Å². The van der Waals surface area contributed by atoms with Crippen LogP contribution < -0.4 is 16.4 Å². The van der Waals surface area contributed by atoms with Crippen molar-refractivity contribution in [1.29, 1.82) is 0 Å². The van der Waals surface area contributed by atoms with Crippen LogP contribution in [0.2, 0.25) is 0 Å². The zero-order chi connectivity index (χ0) is 13.4. The largest absolute Gasteiger partial charge is 0.398 e. The third-order valence-electron chi connectivity index (χ3n) is 2.59. The van der Waals surface area contributed by atoms with Crippen LogP contribution in [0.15, 0.2) is 18.2 Å². The highest BCUT2D eigenvalue weighted by Gasteiger charge is 2.01. The van der Waals surface area contributed by atoms with Crippen molar-refractivity contribution in [3.8, 4) is 0 Å². The molecule has 0 aliphatic carbocycles. The van der Waals surface area contributed by atoms with Gasteiger partial charge in [-0.25, -0.2) is 0 Å². The molecule has 0 aliphatic rings. The van der Waals surface area contributed by atoms with Crippen LogP contribution in [-0.2, 0) is 9.53 Å². The van der Waals surface area contributed by atoms with Crippen LogP contribution in [-0.4, -0.2) is 32.7 Å². The number of methoxy groups -OCH3 is 1. The van der Waals surface area contributed by atoms with Gasteiger partial charge in [0.1, 0.15) is 0 Å². The van der Waals surface area contributed by atoms with Gasteiger partial charge in [-0.15, -0.1) is 0 Å². The van der Waals surface area contributed by atoms with Crippen LogP contribution >= 0.6 is 0 Å². The Morgan fingerprint density at radius 2 is 2.17 bits per heavy atom. The zero-order valence-electron chi connectivity index (χ0n) is 11.0. The summed E-state index contributed by atoms with van der Waals surface area (Å²) in [6, 6.07) is 5.78. The lowest BCUT2D eigenvalue weighted by Gasteiger charge is -2.09. The first kappa shape index (κ1) is 14.3. The Hall–Kier alpha value is -1.75. The van der Waals surface area contributed by atoms with E-state index in [1.807, 2.05) is 25.1 Å². The molecule has 0 fully saturated rings. The number of anilines is 2. The number of benzene rings is 1. The maximum absolute atomic E-state index is 11.4. The number of rotatable bonds is 7. The van der Waals surface area contributed by atoms with Crippen LogP contribution in [0.25, 0.3) is 0 Å². The second-order valence-electron chi connectivity index (χ2n) is 4.09. The Kier molecular flexibility index (Phi) is 6.00. The number of aryl methyl sites for hydroxylation is 1. The topological polar surface area (TPSA) is 76.4 Å². The number of nitrogens with one attached hydrogen (secondary N) is 2. The molecule has 4 N–H and O–H groups in total. The van der Waals surface area contributed by atoms with Gasteiger partial charge in [0.25, 0.3) is 0 Å². The van der Waals surface area contributed by atoms with Crippen molar-refractivity contribution in [1.82, 2.24) is 5.32 Å². The number of hydrogen-bond donors (Lipinski definition) is 3. The highest BCUT2D eigenvalue weighted by atomic mass is 16.5. The molecular formula is C13H21N3O2. The maximum Gasteiger partial charge on any atom is 0.221 e. The minimum absolute atomic E-state index is 0.0135. The number of carbonyl (C=O) groups is 1. The standard InChI is InChI=1S/C13H21N3O2/c1-10-3-4-11(9-12(10)14)15-6-5-13(17)16-7-8-18-2/h3-4,9,15H,5-8,14H2,1-2H3,(H,16,17). The fourth-order valence-corrected chi connectivity index (χ4v) is 1.45. The number of nitrogens with two attached hydrogens (primary N) is 1. The van der Waals surface area contributed by atoms with Gasteiger partial charge in [-0.2, -0.15) is 0 Å². The van der Waals surface area contributed by atoms with E-state index in [1.165, 1.54) is 0 Å². The Morgan fingerprint density at radius 1 is 1.39 bits per heavy atom. The lowest BCUT2D eigenvalue weighted by atomic mass is 10.2.